The molecule has 1 aliphatic carbocycles. The van der Waals surface area contributed by atoms with Gasteiger partial charge in [0.05, 0.1) is 0 Å². The highest BCUT2D eigenvalue weighted by atomic mass is 16.5. The standard InChI is InChI=1S/C21H22N2O5/c22-19(24)10-9-13(11-20(25)26)23-21(27)28-12-18-16-7-3-1-5-14(16)15-6-2-4-8-17(15)18/h1-8,13,18H,9-12H2,(H2,22,24)(H,23,27)(H,25,26)/p-1/t13-/m0/s1. The Morgan fingerprint density at radius 2 is 1.61 bits per heavy atom. The van der Waals surface area contributed by atoms with E-state index in [9.17, 15) is 19.5 Å². The molecule has 28 heavy (non-hydrogen) atoms. The van der Waals surface area contributed by atoms with Gasteiger partial charge in [0.2, 0.25) is 5.91 Å². The number of fused-ring (bicyclic) bond motifs is 3. The number of aliphatic carboxylic acids is 1. The number of carbonyl (C=O) groups is 3. The van der Waals surface area contributed by atoms with Crippen LogP contribution in [0.4, 0.5) is 4.79 Å². The van der Waals surface area contributed by atoms with Crippen molar-refractivity contribution in [3.05, 3.63) is 59.7 Å². The quantitative estimate of drug-likeness (QED) is 0.714. The molecule has 0 aliphatic heterocycles. The van der Waals surface area contributed by atoms with Crippen LogP contribution in [0.1, 0.15) is 36.3 Å². The predicted octanol–water partition coefficient (Wildman–Crippen LogP) is 1.30. The minimum absolute atomic E-state index is 0.0401. The van der Waals surface area contributed by atoms with Crippen LogP contribution >= 0.6 is 0 Å². The van der Waals surface area contributed by atoms with Crippen LogP contribution < -0.4 is 16.2 Å². The highest BCUT2D eigenvalue weighted by Gasteiger charge is 2.29. The number of nitrogens with one attached hydrogen (secondary N) is 1. The van der Waals surface area contributed by atoms with Crippen LogP contribution in [0.25, 0.3) is 11.1 Å². The normalized spacial score (nSPS) is 13.3. The van der Waals surface area contributed by atoms with Crippen molar-refractivity contribution in [2.45, 2.75) is 31.2 Å². The number of benzene rings is 2. The number of rotatable bonds is 8. The first kappa shape index (κ1) is 19.4. The van der Waals surface area contributed by atoms with Gasteiger partial charge in [-0.1, -0.05) is 48.5 Å². The van der Waals surface area contributed by atoms with Gasteiger partial charge < -0.3 is 25.7 Å². The molecular formula is C21H21N2O5-. The minimum Gasteiger partial charge on any atom is -0.550 e. The lowest BCUT2D eigenvalue weighted by Gasteiger charge is -2.20. The number of carboxylic acid groups (broad SMARTS) is 1. The molecular weight excluding hydrogens is 360 g/mol. The Labute approximate surface area is 162 Å². The number of nitrogens with two attached hydrogens (primary N) is 1. The molecule has 7 nitrogen and oxygen atoms in total. The molecule has 0 spiro atoms. The zero-order valence-corrected chi connectivity index (χ0v) is 15.2. The van der Waals surface area contributed by atoms with Crippen molar-refractivity contribution in [1.82, 2.24) is 5.32 Å². The summed E-state index contributed by atoms with van der Waals surface area (Å²) in [7, 11) is 0. The summed E-state index contributed by atoms with van der Waals surface area (Å²) in [4.78, 5) is 34.0. The average molecular weight is 381 g/mol. The number of amides is 2. The molecule has 0 saturated heterocycles. The zero-order valence-electron chi connectivity index (χ0n) is 15.2. The van der Waals surface area contributed by atoms with Gasteiger partial charge in [-0.25, -0.2) is 4.79 Å². The summed E-state index contributed by atoms with van der Waals surface area (Å²) in [5.74, 6) is -1.99. The fourth-order valence-electron chi connectivity index (χ4n) is 3.55. The first-order valence-corrected chi connectivity index (χ1v) is 9.05. The van der Waals surface area contributed by atoms with Crippen LogP contribution in [0.3, 0.4) is 0 Å². The Morgan fingerprint density at radius 1 is 1.04 bits per heavy atom. The lowest BCUT2D eigenvalue weighted by Crippen LogP contribution is -2.40. The molecule has 1 aliphatic rings. The van der Waals surface area contributed by atoms with Crippen molar-refractivity contribution < 1.29 is 24.2 Å². The first-order chi connectivity index (χ1) is 13.5. The third-order valence-corrected chi connectivity index (χ3v) is 4.82. The second kappa shape index (κ2) is 8.56. The van der Waals surface area contributed by atoms with Crippen LogP contribution in [-0.4, -0.2) is 30.6 Å². The molecule has 3 rings (SSSR count). The zero-order chi connectivity index (χ0) is 20.1. The molecule has 0 heterocycles. The molecule has 0 aromatic heterocycles. The molecule has 1 atom stereocenters. The number of primary amides is 1. The lowest BCUT2D eigenvalue weighted by atomic mass is 9.98. The molecule has 0 unspecified atom stereocenters. The highest BCUT2D eigenvalue weighted by molar-refractivity contribution is 5.79. The highest BCUT2D eigenvalue weighted by Crippen LogP contribution is 2.44. The van der Waals surface area contributed by atoms with E-state index >= 15 is 0 Å². The van der Waals surface area contributed by atoms with Gasteiger partial charge in [-0.05, 0) is 28.7 Å². The smallest absolute Gasteiger partial charge is 0.407 e. The van der Waals surface area contributed by atoms with Gasteiger partial charge in [0.1, 0.15) is 6.61 Å². The third kappa shape index (κ3) is 4.49. The fourth-order valence-corrected chi connectivity index (χ4v) is 3.55. The van der Waals surface area contributed by atoms with Gasteiger partial charge >= 0.3 is 6.09 Å². The maximum atomic E-state index is 12.2. The topological polar surface area (TPSA) is 122 Å². The van der Waals surface area contributed by atoms with Crippen LogP contribution in [0.2, 0.25) is 0 Å². The lowest BCUT2D eigenvalue weighted by molar-refractivity contribution is -0.306. The van der Waals surface area contributed by atoms with Crippen molar-refractivity contribution in [3.63, 3.8) is 0 Å². The Bertz CT molecular complexity index is 850. The first-order valence-electron chi connectivity index (χ1n) is 9.05. The largest absolute Gasteiger partial charge is 0.550 e. The van der Waals surface area contributed by atoms with Crippen molar-refractivity contribution in [2.75, 3.05) is 6.61 Å². The number of hydrogen-bond acceptors (Lipinski definition) is 5. The summed E-state index contributed by atoms with van der Waals surface area (Å²) < 4.78 is 5.38. The Morgan fingerprint density at radius 3 is 2.14 bits per heavy atom. The van der Waals surface area contributed by atoms with Crippen molar-refractivity contribution in [3.8, 4) is 11.1 Å². The van der Waals surface area contributed by atoms with E-state index < -0.39 is 30.4 Å². The predicted molar refractivity (Wildman–Crippen MR) is 100 cm³/mol. The molecule has 146 valence electrons. The third-order valence-electron chi connectivity index (χ3n) is 4.82. The number of carboxylic acids is 1. The summed E-state index contributed by atoms with van der Waals surface area (Å²) in [5.41, 5.74) is 9.48. The summed E-state index contributed by atoms with van der Waals surface area (Å²) in [6, 6.07) is 15.1. The molecule has 2 amide bonds. The van der Waals surface area contributed by atoms with E-state index in [0.29, 0.717) is 0 Å². The van der Waals surface area contributed by atoms with Gasteiger partial charge in [-0.15, -0.1) is 0 Å². The van der Waals surface area contributed by atoms with E-state index in [1.165, 1.54) is 0 Å². The van der Waals surface area contributed by atoms with E-state index in [1.54, 1.807) is 0 Å². The van der Waals surface area contributed by atoms with Crippen LogP contribution in [0, 0.1) is 0 Å². The molecule has 2 aromatic rings. The monoisotopic (exact) mass is 381 g/mol. The van der Waals surface area contributed by atoms with Crippen molar-refractivity contribution >= 4 is 18.0 Å². The summed E-state index contributed by atoms with van der Waals surface area (Å²) in [6.45, 7) is 0.119. The summed E-state index contributed by atoms with van der Waals surface area (Å²) in [6.07, 6.45) is -1.09. The second-order valence-electron chi connectivity index (χ2n) is 6.75. The van der Waals surface area contributed by atoms with Crippen molar-refractivity contribution in [1.29, 1.82) is 0 Å². The van der Waals surface area contributed by atoms with E-state index in [1.807, 2.05) is 48.5 Å². The molecule has 0 saturated carbocycles. The van der Waals surface area contributed by atoms with E-state index in [4.69, 9.17) is 10.5 Å². The Hall–Kier alpha value is -3.35. The number of ether oxygens (including phenoxy) is 1. The molecule has 0 bridgehead atoms. The number of alkyl carbamates (subject to hydrolysis) is 1. The number of carbonyl (C=O) groups excluding carboxylic acids is 3. The summed E-state index contributed by atoms with van der Waals surface area (Å²) in [5, 5.41) is 13.3. The average Bonchev–Trinajstić information content (AvgIpc) is 2.98. The Balaban J connectivity index is 1.65. The van der Waals surface area contributed by atoms with Gasteiger partial charge in [-0.2, -0.15) is 0 Å². The molecule has 3 N–H and O–H groups in total. The molecule has 0 radical (unpaired) electrons. The second-order valence-corrected chi connectivity index (χ2v) is 6.75. The van der Waals surface area contributed by atoms with Gasteiger partial charge in [0.25, 0.3) is 0 Å². The SMILES string of the molecule is NC(=O)CC[C@@H](CC(=O)[O-])NC(=O)OCC1c2ccccc2-c2ccccc21. The molecule has 2 aromatic carbocycles. The van der Waals surface area contributed by atoms with Gasteiger partial charge in [0, 0.05) is 30.8 Å². The molecule has 7 heteroatoms. The Kier molecular flexibility index (Phi) is 5.93. The van der Waals surface area contributed by atoms with Crippen LogP contribution in [0.5, 0.6) is 0 Å². The van der Waals surface area contributed by atoms with Gasteiger partial charge in [-0.3, -0.25) is 4.79 Å². The van der Waals surface area contributed by atoms with E-state index in [2.05, 4.69) is 5.32 Å². The minimum atomic E-state index is -1.33. The maximum absolute atomic E-state index is 12.2. The fraction of sp³-hybridized carbons (Fsp3) is 0.286. The van der Waals surface area contributed by atoms with Crippen molar-refractivity contribution in [2.24, 2.45) is 5.73 Å². The van der Waals surface area contributed by atoms with Gasteiger partial charge in [0.15, 0.2) is 0 Å². The van der Waals surface area contributed by atoms with E-state index in [0.717, 1.165) is 22.3 Å². The number of hydrogen-bond donors (Lipinski definition) is 2. The summed E-state index contributed by atoms with van der Waals surface area (Å²) >= 11 is 0. The van der Waals surface area contributed by atoms with Crippen LogP contribution in [0.15, 0.2) is 48.5 Å². The maximum Gasteiger partial charge on any atom is 0.407 e. The van der Waals surface area contributed by atoms with Crippen LogP contribution in [-0.2, 0) is 14.3 Å². The molecule has 0 fully saturated rings. The van der Waals surface area contributed by atoms with E-state index in [-0.39, 0.29) is 25.4 Å².